The molecule has 0 aromatic rings. The third kappa shape index (κ3) is 2.42. The van der Waals surface area contributed by atoms with Crippen LogP contribution in [0.1, 0.15) is 47.0 Å². The Morgan fingerprint density at radius 3 is 2.67 bits per heavy atom. The van der Waals surface area contributed by atoms with Crippen molar-refractivity contribution in [2.75, 3.05) is 6.61 Å². The van der Waals surface area contributed by atoms with Crippen molar-refractivity contribution in [1.29, 1.82) is 0 Å². The van der Waals surface area contributed by atoms with Crippen molar-refractivity contribution in [3.63, 3.8) is 0 Å². The number of aliphatic hydroxyl groups is 2. The van der Waals surface area contributed by atoms with Crippen LogP contribution in [0.3, 0.4) is 0 Å². The average Bonchev–Trinajstić information content (AvgIpc) is 2.59. The van der Waals surface area contributed by atoms with Gasteiger partial charge >= 0.3 is 5.97 Å². The molecule has 6 nitrogen and oxygen atoms in total. The van der Waals surface area contributed by atoms with E-state index < -0.39 is 29.2 Å². The number of ether oxygens (including phenoxy) is 2. The van der Waals surface area contributed by atoms with Gasteiger partial charge in [-0.25, -0.2) is 0 Å². The largest absolute Gasteiger partial charge is 0.450 e. The van der Waals surface area contributed by atoms with E-state index >= 15 is 0 Å². The molecule has 9 atom stereocenters. The number of rotatable bonds is 1. The van der Waals surface area contributed by atoms with E-state index in [1.807, 2.05) is 19.9 Å². The molecule has 4 rings (SSSR count). The third-order valence-electron chi connectivity index (χ3n) is 8.14. The summed E-state index contributed by atoms with van der Waals surface area (Å²) < 4.78 is 11.2. The first kappa shape index (κ1) is 19.1. The van der Waals surface area contributed by atoms with Crippen LogP contribution in [0.15, 0.2) is 11.6 Å². The highest BCUT2D eigenvalue weighted by Gasteiger charge is 2.66. The Labute approximate surface area is 159 Å². The number of ketones is 1. The van der Waals surface area contributed by atoms with E-state index in [9.17, 15) is 19.8 Å². The van der Waals surface area contributed by atoms with Crippen molar-refractivity contribution in [3.8, 4) is 0 Å². The molecular formula is C21H30O6. The molecule has 2 saturated carbocycles. The fourth-order valence-corrected chi connectivity index (χ4v) is 6.41. The van der Waals surface area contributed by atoms with Gasteiger partial charge in [0.1, 0.15) is 0 Å². The van der Waals surface area contributed by atoms with E-state index in [1.54, 1.807) is 6.92 Å². The lowest BCUT2D eigenvalue weighted by Crippen LogP contribution is -2.69. The van der Waals surface area contributed by atoms with Crippen LogP contribution in [0.2, 0.25) is 0 Å². The average molecular weight is 378 g/mol. The first-order valence-corrected chi connectivity index (χ1v) is 10.1. The molecule has 0 spiro atoms. The molecule has 4 aliphatic rings. The van der Waals surface area contributed by atoms with Gasteiger partial charge in [-0.15, -0.1) is 0 Å². The highest BCUT2D eigenvalue weighted by molar-refractivity contribution is 5.94. The van der Waals surface area contributed by atoms with Gasteiger partial charge in [0.2, 0.25) is 0 Å². The summed E-state index contributed by atoms with van der Waals surface area (Å²) in [4.78, 5) is 25.6. The molecule has 150 valence electrons. The zero-order valence-electron chi connectivity index (χ0n) is 16.5. The van der Waals surface area contributed by atoms with E-state index in [2.05, 4.69) is 0 Å². The highest BCUT2D eigenvalue weighted by atomic mass is 16.5. The lowest BCUT2D eigenvalue weighted by molar-refractivity contribution is -0.252. The number of carbonyl (C=O) groups excluding carboxylic acids is 2. The zero-order valence-corrected chi connectivity index (χ0v) is 16.5. The minimum Gasteiger partial charge on any atom is -0.450 e. The summed E-state index contributed by atoms with van der Waals surface area (Å²) in [6.45, 7) is 7.56. The second-order valence-electron chi connectivity index (χ2n) is 9.19. The van der Waals surface area contributed by atoms with Crippen molar-refractivity contribution in [3.05, 3.63) is 11.6 Å². The Kier molecular flexibility index (Phi) is 4.33. The van der Waals surface area contributed by atoms with Crippen molar-refractivity contribution in [2.24, 2.45) is 29.1 Å². The molecule has 3 fully saturated rings. The van der Waals surface area contributed by atoms with Crippen LogP contribution in [0.5, 0.6) is 0 Å². The standard InChI is InChI=1S/C21H30O6/c1-10-13-6-5-7-21(10,25)11(2)17-14-9-26-15(14)8-16(23)20(17,4)19(24)18(13)27-12(3)22/h6,10-11,14-18,23,25H,5,7-9H2,1-4H3/t10-,11?,14-,15-,16+,17?,18-,20-,21+/m1/s1. The van der Waals surface area contributed by atoms with Gasteiger partial charge in [0.05, 0.1) is 29.8 Å². The topological polar surface area (TPSA) is 93.1 Å². The van der Waals surface area contributed by atoms with Crippen molar-refractivity contribution in [1.82, 2.24) is 0 Å². The van der Waals surface area contributed by atoms with Crippen LogP contribution in [0, 0.1) is 29.1 Å². The molecule has 0 aromatic heterocycles. The number of fused-ring (bicyclic) bond motifs is 5. The molecule has 2 unspecified atom stereocenters. The Balaban J connectivity index is 1.89. The summed E-state index contributed by atoms with van der Waals surface area (Å²) in [7, 11) is 0. The third-order valence-corrected chi connectivity index (χ3v) is 8.14. The number of allylic oxidation sites excluding steroid dienone is 1. The molecule has 3 aliphatic carbocycles. The van der Waals surface area contributed by atoms with Gasteiger partial charge in [-0.3, -0.25) is 9.59 Å². The van der Waals surface area contributed by atoms with Crippen LogP contribution in [0.25, 0.3) is 0 Å². The number of carbonyl (C=O) groups is 2. The zero-order chi connectivity index (χ0) is 19.7. The number of hydrogen-bond donors (Lipinski definition) is 2. The van der Waals surface area contributed by atoms with Crippen LogP contribution in [0.4, 0.5) is 0 Å². The number of esters is 1. The maximum Gasteiger partial charge on any atom is 0.303 e. The van der Waals surface area contributed by atoms with Gasteiger partial charge in [-0.05, 0) is 37.2 Å². The molecule has 1 saturated heterocycles. The summed E-state index contributed by atoms with van der Waals surface area (Å²) in [6, 6.07) is 0. The highest BCUT2D eigenvalue weighted by Crippen LogP contribution is 2.59. The summed E-state index contributed by atoms with van der Waals surface area (Å²) in [5.74, 6) is -1.35. The molecule has 1 aliphatic heterocycles. The molecule has 0 aromatic carbocycles. The monoisotopic (exact) mass is 378 g/mol. The normalized spacial score (nSPS) is 51.7. The fraction of sp³-hybridized carbons (Fsp3) is 0.810. The molecule has 1 heterocycles. The Morgan fingerprint density at radius 2 is 2.07 bits per heavy atom. The van der Waals surface area contributed by atoms with E-state index in [-0.39, 0.29) is 35.6 Å². The van der Waals surface area contributed by atoms with Crippen LogP contribution in [-0.2, 0) is 19.1 Å². The molecule has 27 heavy (non-hydrogen) atoms. The smallest absolute Gasteiger partial charge is 0.303 e. The molecule has 0 radical (unpaired) electrons. The minimum atomic E-state index is -1.09. The molecule has 2 N–H and O–H groups in total. The van der Waals surface area contributed by atoms with Gasteiger partial charge in [-0.2, -0.15) is 0 Å². The molecular weight excluding hydrogens is 348 g/mol. The van der Waals surface area contributed by atoms with Crippen LogP contribution >= 0.6 is 0 Å². The fourth-order valence-electron chi connectivity index (χ4n) is 6.41. The van der Waals surface area contributed by atoms with Crippen LogP contribution < -0.4 is 0 Å². The number of Topliss-reactive ketones (excluding diaryl/α,β-unsaturated/α-hetero) is 1. The second kappa shape index (κ2) is 6.13. The minimum absolute atomic E-state index is 0.0718. The Bertz CT molecular complexity index is 701. The van der Waals surface area contributed by atoms with Crippen molar-refractivity contribution < 1.29 is 29.3 Å². The molecule has 2 bridgehead atoms. The quantitative estimate of drug-likeness (QED) is 0.532. The number of aliphatic hydroxyl groups excluding tert-OH is 1. The maximum absolute atomic E-state index is 13.8. The summed E-state index contributed by atoms with van der Waals surface area (Å²) in [5, 5.41) is 22.7. The Hall–Kier alpha value is -1.24. The van der Waals surface area contributed by atoms with E-state index in [4.69, 9.17) is 9.47 Å². The molecule has 0 amide bonds. The lowest BCUT2D eigenvalue weighted by atomic mass is 9.47. The van der Waals surface area contributed by atoms with Gasteiger partial charge in [0.15, 0.2) is 11.9 Å². The lowest BCUT2D eigenvalue weighted by Gasteiger charge is -2.62. The summed E-state index contributed by atoms with van der Waals surface area (Å²) in [5.41, 5.74) is -1.42. The summed E-state index contributed by atoms with van der Waals surface area (Å²) in [6.07, 6.45) is 1.56. The van der Waals surface area contributed by atoms with Gasteiger partial charge in [0, 0.05) is 25.2 Å². The number of hydrogen-bond acceptors (Lipinski definition) is 6. The predicted molar refractivity (Wildman–Crippen MR) is 96.6 cm³/mol. The van der Waals surface area contributed by atoms with Gasteiger partial charge in [0.25, 0.3) is 0 Å². The molecule has 6 heteroatoms. The Morgan fingerprint density at radius 1 is 1.37 bits per heavy atom. The van der Waals surface area contributed by atoms with Crippen molar-refractivity contribution in [2.45, 2.75) is 70.9 Å². The van der Waals surface area contributed by atoms with Crippen molar-refractivity contribution >= 4 is 11.8 Å². The first-order valence-electron chi connectivity index (χ1n) is 10.1. The van der Waals surface area contributed by atoms with Crippen LogP contribution in [-0.4, -0.2) is 52.5 Å². The van der Waals surface area contributed by atoms with Gasteiger partial charge in [-0.1, -0.05) is 19.9 Å². The second-order valence-corrected chi connectivity index (χ2v) is 9.19. The SMILES string of the molecule is CC(=O)O[C@H]1C(=O)[C@@]2(C)C(C(C)[C@]3(O)CCC=C1[C@H]3C)[C@@H]1CO[C@@H]1C[C@@H]2O. The van der Waals surface area contributed by atoms with Gasteiger partial charge < -0.3 is 19.7 Å². The first-order chi connectivity index (χ1) is 12.6. The van der Waals surface area contributed by atoms with E-state index in [0.717, 1.165) is 0 Å². The van der Waals surface area contributed by atoms with E-state index in [0.29, 0.717) is 31.4 Å². The predicted octanol–water partition coefficient (Wildman–Crippen LogP) is 1.63. The van der Waals surface area contributed by atoms with E-state index in [1.165, 1.54) is 6.92 Å². The summed E-state index contributed by atoms with van der Waals surface area (Å²) >= 11 is 0. The maximum atomic E-state index is 13.8.